The van der Waals surface area contributed by atoms with Crippen molar-refractivity contribution in [3.05, 3.63) is 47.8 Å². The van der Waals surface area contributed by atoms with Gasteiger partial charge in [-0.15, -0.1) is 0 Å². The molecule has 2 aromatic rings. The third-order valence-corrected chi connectivity index (χ3v) is 2.04. The summed E-state index contributed by atoms with van der Waals surface area (Å²) in [7, 11) is 0. The van der Waals surface area contributed by atoms with Gasteiger partial charge in [-0.3, -0.25) is 0 Å². The van der Waals surface area contributed by atoms with Gasteiger partial charge in [0.25, 0.3) is 0 Å². The molecule has 1 aromatic heterocycles. The molecule has 0 bridgehead atoms. The average molecular weight is 210 g/mol. The van der Waals surface area contributed by atoms with E-state index in [-0.39, 0.29) is 0 Å². The van der Waals surface area contributed by atoms with Gasteiger partial charge < -0.3 is 5.32 Å². The summed E-state index contributed by atoms with van der Waals surface area (Å²) in [6, 6.07) is 11.4. The van der Waals surface area contributed by atoms with Crippen molar-refractivity contribution in [2.45, 2.75) is 6.92 Å². The number of aryl methyl sites for hydroxylation is 1. The molecule has 0 fully saturated rings. The average Bonchev–Trinajstić information content (AvgIpc) is 2.29. The summed E-state index contributed by atoms with van der Waals surface area (Å²) in [5, 5.41) is 11.8. The Morgan fingerprint density at radius 3 is 2.94 bits per heavy atom. The number of aromatic nitrogens is 2. The van der Waals surface area contributed by atoms with E-state index >= 15 is 0 Å². The summed E-state index contributed by atoms with van der Waals surface area (Å²) in [4.78, 5) is 8.07. The van der Waals surface area contributed by atoms with Crippen LogP contribution in [0.5, 0.6) is 0 Å². The minimum absolute atomic E-state index is 0.352. The first-order chi connectivity index (χ1) is 7.78. The van der Waals surface area contributed by atoms with Gasteiger partial charge in [-0.25, -0.2) is 9.97 Å². The lowest BCUT2D eigenvalue weighted by Crippen LogP contribution is -1.97. The highest BCUT2D eigenvalue weighted by atomic mass is 15.1. The van der Waals surface area contributed by atoms with Crippen LogP contribution < -0.4 is 5.32 Å². The summed E-state index contributed by atoms with van der Waals surface area (Å²) in [6.45, 7) is 2.01. The minimum atomic E-state index is 0.352. The van der Waals surface area contributed by atoms with Gasteiger partial charge in [-0.2, -0.15) is 5.26 Å². The molecule has 0 spiro atoms. The number of hydrogen-bond acceptors (Lipinski definition) is 4. The molecule has 1 heterocycles. The normalized spacial score (nSPS) is 9.50. The first kappa shape index (κ1) is 10.1. The Kier molecular flexibility index (Phi) is 2.79. The number of rotatable bonds is 2. The molecular formula is C12H10N4. The second kappa shape index (κ2) is 4.41. The number of nitrogens with one attached hydrogen (secondary N) is 1. The first-order valence-corrected chi connectivity index (χ1v) is 4.85. The van der Waals surface area contributed by atoms with Crippen molar-refractivity contribution in [1.29, 1.82) is 5.26 Å². The van der Waals surface area contributed by atoms with E-state index in [1.807, 2.05) is 37.3 Å². The fraction of sp³-hybridized carbons (Fsp3) is 0.0833. The van der Waals surface area contributed by atoms with Gasteiger partial charge in [0.05, 0.1) is 0 Å². The lowest BCUT2D eigenvalue weighted by Gasteiger charge is -2.04. The van der Waals surface area contributed by atoms with Crippen molar-refractivity contribution in [1.82, 2.24) is 9.97 Å². The van der Waals surface area contributed by atoms with E-state index < -0.39 is 0 Å². The highest BCUT2D eigenvalue weighted by Crippen LogP contribution is 2.13. The van der Waals surface area contributed by atoms with Crippen molar-refractivity contribution in [2.24, 2.45) is 0 Å². The predicted octanol–water partition coefficient (Wildman–Crippen LogP) is 2.40. The third kappa shape index (κ3) is 2.34. The number of nitriles is 1. The zero-order valence-corrected chi connectivity index (χ0v) is 8.81. The van der Waals surface area contributed by atoms with Crippen LogP contribution in [0.4, 0.5) is 11.6 Å². The summed E-state index contributed by atoms with van der Waals surface area (Å²) in [5.74, 6) is 0.435. The fourth-order valence-corrected chi connectivity index (χ4v) is 1.33. The molecular weight excluding hydrogens is 200 g/mol. The molecule has 78 valence electrons. The molecule has 16 heavy (non-hydrogen) atoms. The van der Waals surface area contributed by atoms with Crippen LogP contribution in [0.2, 0.25) is 0 Å². The number of anilines is 2. The van der Waals surface area contributed by atoms with Crippen LogP contribution in [0.1, 0.15) is 11.3 Å². The quantitative estimate of drug-likeness (QED) is 0.826. The van der Waals surface area contributed by atoms with Gasteiger partial charge in [-0.05, 0) is 30.7 Å². The predicted molar refractivity (Wildman–Crippen MR) is 61.2 cm³/mol. The molecule has 4 nitrogen and oxygen atoms in total. The van der Waals surface area contributed by atoms with Crippen LogP contribution in [0.15, 0.2) is 36.5 Å². The molecule has 0 aliphatic rings. The summed E-state index contributed by atoms with van der Waals surface area (Å²) in [6.07, 6.45) is 1.56. The van der Waals surface area contributed by atoms with Crippen LogP contribution in [-0.2, 0) is 0 Å². The zero-order chi connectivity index (χ0) is 11.4. The molecule has 2 rings (SSSR count). The van der Waals surface area contributed by atoms with Crippen molar-refractivity contribution in [3.8, 4) is 6.07 Å². The van der Waals surface area contributed by atoms with Crippen molar-refractivity contribution in [3.63, 3.8) is 0 Å². The SMILES string of the molecule is Cc1cccc(Nc2nccc(C#N)n2)c1. The highest BCUT2D eigenvalue weighted by Gasteiger charge is 1.99. The Labute approximate surface area is 93.6 Å². The van der Waals surface area contributed by atoms with Gasteiger partial charge in [-0.1, -0.05) is 12.1 Å². The monoisotopic (exact) mass is 210 g/mol. The molecule has 0 radical (unpaired) electrons. The van der Waals surface area contributed by atoms with Gasteiger partial charge in [0.15, 0.2) is 0 Å². The van der Waals surface area contributed by atoms with Crippen LogP contribution >= 0.6 is 0 Å². The standard InChI is InChI=1S/C12H10N4/c1-9-3-2-4-10(7-9)15-12-14-6-5-11(8-13)16-12/h2-7H,1H3,(H,14,15,16). The number of hydrogen-bond donors (Lipinski definition) is 1. The van der Waals surface area contributed by atoms with Crippen LogP contribution in [0.3, 0.4) is 0 Å². The summed E-state index contributed by atoms with van der Waals surface area (Å²) < 4.78 is 0. The largest absolute Gasteiger partial charge is 0.324 e. The molecule has 1 aromatic carbocycles. The Bertz CT molecular complexity index is 543. The lowest BCUT2D eigenvalue weighted by molar-refractivity contribution is 1.14. The second-order valence-electron chi connectivity index (χ2n) is 3.37. The van der Waals surface area contributed by atoms with Crippen LogP contribution in [-0.4, -0.2) is 9.97 Å². The first-order valence-electron chi connectivity index (χ1n) is 4.85. The van der Waals surface area contributed by atoms with Crippen molar-refractivity contribution >= 4 is 11.6 Å². The van der Waals surface area contributed by atoms with Crippen LogP contribution in [0, 0.1) is 18.3 Å². The van der Waals surface area contributed by atoms with E-state index in [9.17, 15) is 0 Å². The van der Waals surface area contributed by atoms with Crippen LogP contribution in [0.25, 0.3) is 0 Å². The van der Waals surface area contributed by atoms with E-state index in [0.717, 1.165) is 11.3 Å². The Hall–Kier alpha value is -2.41. The molecule has 0 aliphatic carbocycles. The molecule has 0 saturated carbocycles. The maximum absolute atomic E-state index is 8.70. The second-order valence-corrected chi connectivity index (χ2v) is 3.37. The number of benzene rings is 1. The smallest absolute Gasteiger partial charge is 0.228 e. The summed E-state index contributed by atoms with van der Waals surface area (Å²) in [5.41, 5.74) is 2.42. The van der Waals surface area contributed by atoms with Gasteiger partial charge in [0, 0.05) is 11.9 Å². The molecule has 0 saturated heterocycles. The van der Waals surface area contributed by atoms with Gasteiger partial charge >= 0.3 is 0 Å². The Morgan fingerprint density at radius 2 is 2.19 bits per heavy atom. The zero-order valence-electron chi connectivity index (χ0n) is 8.81. The molecule has 0 amide bonds. The lowest BCUT2D eigenvalue weighted by atomic mass is 10.2. The summed E-state index contributed by atoms with van der Waals surface area (Å²) >= 11 is 0. The fourth-order valence-electron chi connectivity index (χ4n) is 1.33. The maximum atomic E-state index is 8.70. The molecule has 4 heteroatoms. The van der Waals surface area contributed by atoms with E-state index in [4.69, 9.17) is 5.26 Å². The van der Waals surface area contributed by atoms with Crippen molar-refractivity contribution in [2.75, 3.05) is 5.32 Å². The highest BCUT2D eigenvalue weighted by molar-refractivity contribution is 5.54. The number of nitrogens with zero attached hydrogens (tertiary/aromatic N) is 3. The maximum Gasteiger partial charge on any atom is 0.228 e. The van der Waals surface area contributed by atoms with E-state index in [1.54, 1.807) is 12.3 Å². The van der Waals surface area contributed by atoms with Crippen molar-refractivity contribution < 1.29 is 0 Å². The van der Waals surface area contributed by atoms with E-state index in [0.29, 0.717) is 11.6 Å². The minimum Gasteiger partial charge on any atom is -0.324 e. The topological polar surface area (TPSA) is 61.6 Å². The Balaban J connectivity index is 2.24. The molecule has 0 unspecified atom stereocenters. The van der Waals surface area contributed by atoms with E-state index in [2.05, 4.69) is 15.3 Å². The third-order valence-electron chi connectivity index (χ3n) is 2.04. The van der Waals surface area contributed by atoms with E-state index in [1.165, 1.54) is 0 Å². The Morgan fingerprint density at radius 1 is 1.31 bits per heavy atom. The molecule has 1 N–H and O–H groups in total. The van der Waals surface area contributed by atoms with Gasteiger partial charge in [0.2, 0.25) is 5.95 Å². The molecule has 0 atom stereocenters. The molecule has 0 aliphatic heterocycles. The van der Waals surface area contributed by atoms with Gasteiger partial charge in [0.1, 0.15) is 11.8 Å².